The molecule has 0 spiro atoms. The zero-order valence-corrected chi connectivity index (χ0v) is 16.9. The van der Waals surface area contributed by atoms with Crippen LogP contribution in [0.2, 0.25) is 0 Å². The molecule has 0 aromatic rings. The molecule has 4 fully saturated rings. The molecule has 4 unspecified atom stereocenters. The van der Waals surface area contributed by atoms with Crippen molar-refractivity contribution >= 4 is 5.78 Å². The van der Waals surface area contributed by atoms with Gasteiger partial charge in [-0.15, -0.1) is 0 Å². The van der Waals surface area contributed by atoms with E-state index in [4.69, 9.17) is 4.74 Å². The number of aliphatic hydroxyl groups is 1. The van der Waals surface area contributed by atoms with Gasteiger partial charge in [0.25, 0.3) is 0 Å². The van der Waals surface area contributed by atoms with Crippen LogP contribution in [0.15, 0.2) is 11.8 Å². The minimum Gasteiger partial charge on any atom is -0.494 e. The van der Waals surface area contributed by atoms with Gasteiger partial charge in [0.2, 0.25) is 0 Å². The largest absolute Gasteiger partial charge is 0.494 e. The highest BCUT2D eigenvalue weighted by Gasteiger charge is 2.64. The van der Waals surface area contributed by atoms with Crippen molar-refractivity contribution in [3.05, 3.63) is 11.8 Å². The SMILES string of the molecule is C[C@]12CCC3C(CC[C@H]4CCCC(OC5=CCCC5)[C@]34CO)C1CCC2=O. The predicted octanol–water partition coefficient (Wildman–Crippen LogP) is 5.02. The Morgan fingerprint density at radius 3 is 2.74 bits per heavy atom. The molecule has 3 heteroatoms. The van der Waals surface area contributed by atoms with Crippen molar-refractivity contribution in [1.82, 2.24) is 0 Å². The molecule has 5 aliphatic rings. The summed E-state index contributed by atoms with van der Waals surface area (Å²) in [4.78, 5) is 12.6. The Balaban J connectivity index is 1.49. The molecule has 150 valence electrons. The Kier molecular flexibility index (Phi) is 4.46. The van der Waals surface area contributed by atoms with Crippen LogP contribution in [0.25, 0.3) is 0 Å². The van der Waals surface area contributed by atoms with Crippen LogP contribution in [-0.4, -0.2) is 23.6 Å². The van der Waals surface area contributed by atoms with Crippen molar-refractivity contribution in [3.63, 3.8) is 0 Å². The maximum Gasteiger partial charge on any atom is 0.139 e. The lowest BCUT2D eigenvalue weighted by molar-refractivity contribution is -0.193. The topological polar surface area (TPSA) is 46.5 Å². The summed E-state index contributed by atoms with van der Waals surface area (Å²) < 4.78 is 6.66. The maximum absolute atomic E-state index is 12.6. The fraction of sp³-hybridized carbons (Fsp3) is 0.875. The maximum atomic E-state index is 12.6. The van der Waals surface area contributed by atoms with Gasteiger partial charge in [-0.3, -0.25) is 4.79 Å². The predicted molar refractivity (Wildman–Crippen MR) is 105 cm³/mol. The van der Waals surface area contributed by atoms with Crippen molar-refractivity contribution in [2.24, 2.45) is 34.5 Å². The first-order valence-corrected chi connectivity index (χ1v) is 11.6. The van der Waals surface area contributed by atoms with E-state index < -0.39 is 0 Å². The lowest BCUT2D eigenvalue weighted by Crippen LogP contribution is -2.61. The first-order chi connectivity index (χ1) is 13.1. The van der Waals surface area contributed by atoms with Gasteiger partial charge in [0.05, 0.1) is 12.4 Å². The molecular weight excluding hydrogens is 336 g/mol. The average molecular weight is 373 g/mol. The monoisotopic (exact) mass is 372 g/mol. The van der Waals surface area contributed by atoms with Crippen LogP contribution in [0.1, 0.15) is 84.0 Å². The summed E-state index contributed by atoms with van der Waals surface area (Å²) in [7, 11) is 0. The third-order valence-electron chi connectivity index (χ3n) is 9.63. The second-order valence-corrected chi connectivity index (χ2v) is 10.4. The highest BCUT2D eigenvalue weighted by atomic mass is 16.5. The van der Waals surface area contributed by atoms with E-state index in [9.17, 15) is 9.90 Å². The third-order valence-corrected chi connectivity index (χ3v) is 9.63. The van der Waals surface area contributed by atoms with E-state index in [0.29, 0.717) is 29.5 Å². The molecule has 5 rings (SSSR count). The van der Waals surface area contributed by atoms with E-state index in [2.05, 4.69) is 13.0 Å². The Hall–Kier alpha value is -0.830. The number of fused-ring (bicyclic) bond motifs is 5. The number of ether oxygens (including phenoxy) is 1. The van der Waals surface area contributed by atoms with Crippen LogP contribution in [0.5, 0.6) is 0 Å². The number of carbonyl (C=O) groups is 1. The molecule has 27 heavy (non-hydrogen) atoms. The van der Waals surface area contributed by atoms with E-state index in [1.54, 1.807) is 0 Å². The third kappa shape index (κ3) is 2.52. The standard InChI is InChI=1S/C24H36O3/c1-23-14-13-20-18(19(23)11-12-21(23)26)10-9-16-5-4-8-22(24(16,20)15-25)27-17-6-2-3-7-17/h6,16,18-20,22,25H,2-5,7-15H2,1H3/t16-,18?,19?,20?,22?,23+,24+/m1/s1. The minimum absolute atomic E-state index is 0.0719. The van der Waals surface area contributed by atoms with Gasteiger partial charge in [-0.2, -0.15) is 0 Å². The summed E-state index contributed by atoms with van der Waals surface area (Å²) in [6.45, 7) is 2.52. The molecular formula is C24H36O3. The first kappa shape index (κ1) is 18.2. The molecule has 0 radical (unpaired) electrons. The van der Waals surface area contributed by atoms with Gasteiger partial charge in [0, 0.05) is 23.7 Å². The normalized spacial score (nSPS) is 49.2. The van der Waals surface area contributed by atoms with Gasteiger partial charge in [-0.1, -0.05) is 6.92 Å². The van der Waals surface area contributed by atoms with Crippen molar-refractivity contribution in [2.45, 2.75) is 90.1 Å². The second kappa shape index (κ2) is 6.61. The molecule has 0 amide bonds. The van der Waals surface area contributed by atoms with Crippen LogP contribution in [0, 0.1) is 34.5 Å². The Bertz CT molecular complexity index is 640. The van der Waals surface area contributed by atoms with Gasteiger partial charge in [0.15, 0.2) is 0 Å². The zero-order valence-electron chi connectivity index (χ0n) is 16.9. The van der Waals surface area contributed by atoms with E-state index in [1.165, 1.54) is 37.9 Å². The summed E-state index contributed by atoms with van der Waals surface area (Å²) in [6.07, 6.45) is 16.0. The summed E-state index contributed by atoms with van der Waals surface area (Å²) in [5.41, 5.74) is -0.152. The number of allylic oxidation sites excluding steroid dienone is 2. The molecule has 0 saturated heterocycles. The number of Topliss-reactive ketones (excluding diaryl/α,β-unsaturated/α-hetero) is 1. The number of ketones is 1. The van der Waals surface area contributed by atoms with Gasteiger partial charge >= 0.3 is 0 Å². The fourth-order valence-corrected chi connectivity index (χ4v) is 8.27. The fourth-order valence-electron chi connectivity index (χ4n) is 8.27. The highest BCUT2D eigenvalue weighted by molar-refractivity contribution is 5.87. The van der Waals surface area contributed by atoms with Gasteiger partial charge < -0.3 is 9.84 Å². The molecule has 1 N–H and O–H groups in total. The summed E-state index contributed by atoms with van der Waals surface area (Å²) in [6, 6.07) is 0. The Morgan fingerprint density at radius 2 is 1.96 bits per heavy atom. The smallest absolute Gasteiger partial charge is 0.139 e. The Labute approximate surface area is 163 Å². The number of hydrogen-bond donors (Lipinski definition) is 1. The molecule has 4 saturated carbocycles. The number of carbonyl (C=O) groups excluding carboxylic acids is 1. The van der Waals surface area contributed by atoms with E-state index in [1.807, 2.05) is 0 Å². The van der Waals surface area contributed by atoms with Gasteiger partial charge in [0.1, 0.15) is 11.9 Å². The number of hydrogen-bond acceptors (Lipinski definition) is 3. The first-order valence-electron chi connectivity index (χ1n) is 11.6. The van der Waals surface area contributed by atoms with Crippen molar-refractivity contribution in [2.75, 3.05) is 6.61 Å². The van der Waals surface area contributed by atoms with Crippen LogP contribution < -0.4 is 0 Å². The molecule has 0 aliphatic heterocycles. The lowest BCUT2D eigenvalue weighted by Gasteiger charge is -2.62. The van der Waals surface area contributed by atoms with E-state index in [-0.39, 0.29) is 23.5 Å². The number of rotatable bonds is 3. The summed E-state index contributed by atoms with van der Waals surface area (Å²) in [5.74, 6) is 4.00. The average Bonchev–Trinajstić information content (AvgIpc) is 3.29. The van der Waals surface area contributed by atoms with Crippen LogP contribution >= 0.6 is 0 Å². The van der Waals surface area contributed by atoms with E-state index >= 15 is 0 Å². The van der Waals surface area contributed by atoms with Crippen molar-refractivity contribution in [3.8, 4) is 0 Å². The quantitative estimate of drug-likeness (QED) is 0.756. The molecule has 7 atom stereocenters. The minimum atomic E-state index is -0.0797. The summed E-state index contributed by atoms with van der Waals surface area (Å²) >= 11 is 0. The van der Waals surface area contributed by atoms with Crippen LogP contribution in [0.4, 0.5) is 0 Å². The van der Waals surface area contributed by atoms with Gasteiger partial charge in [-0.25, -0.2) is 0 Å². The Morgan fingerprint density at radius 1 is 1.07 bits per heavy atom. The molecule has 0 aromatic carbocycles. The van der Waals surface area contributed by atoms with Crippen LogP contribution in [0.3, 0.4) is 0 Å². The number of aliphatic hydroxyl groups excluding tert-OH is 1. The van der Waals surface area contributed by atoms with E-state index in [0.717, 1.165) is 44.9 Å². The summed E-state index contributed by atoms with van der Waals surface area (Å²) in [5, 5.41) is 10.9. The molecule has 0 bridgehead atoms. The molecule has 5 aliphatic carbocycles. The second-order valence-electron chi connectivity index (χ2n) is 10.4. The molecule has 0 aromatic heterocycles. The van der Waals surface area contributed by atoms with Crippen molar-refractivity contribution < 1.29 is 14.6 Å². The lowest BCUT2D eigenvalue weighted by atomic mass is 9.44. The molecule has 0 heterocycles. The van der Waals surface area contributed by atoms with Crippen molar-refractivity contribution in [1.29, 1.82) is 0 Å². The van der Waals surface area contributed by atoms with Crippen LogP contribution in [-0.2, 0) is 9.53 Å². The molecule has 3 nitrogen and oxygen atoms in total. The van der Waals surface area contributed by atoms with Gasteiger partial charge in [-0.05, 0) is 94.0 Å². The highest BCUT2D eigenvalue weighted by Crippen LogP contribution is 2.66. The zero-order chi connectivity index (χ0) is 18.6.